The molecule has 0 radical (unpaired) electrons. The maximum atomic E-state index is 11.2. The third-order valence-corrected chi connectivity index (χ3v) is 2.15. The van der Waals surface area contributed by atoms with Crippen molar-refractivity contribution in [1.29, 1.82) is 0 Å². The molecular formula is C12H13NO4. The van der Waals surface area contributed by atoms with Gasteiger partial charge in [-0.2, -0.15) is 0 Å². The number of carbonyl (C=O) groups is 1. The van der Waals surface area contributed by atoms with E-state index in [1.165, 1.54) is 12.1 Å². The fourth-order valence-corrected chi connectivity index (χ4v) is 1.40. The molecule has 0 bridgehead atoms. The Bertz CT molecular complexity index is 465. The van der Waals surface area contributed by atoms with Crippen LogP contribution in [0.15, 0.2) is 30.3 Å². The Balaban J connectivity index is 3.07. The van der Waals surface area contributed by atoms with Crippen molar-refractivity contribution in [3.8, 4) is 0 Å². The normalized spacial score (nSPS) is 11.1. The molecule has 17 heavy (non-hydrogen) atoms. The summed E-state index contributed by atoms with van der Waals surface area (Å²) in [5.74, 6) is -0.497. The lowest BCUT2D eigenvalue weighted by molar-refractivity contribution is -0.385. The van der Waals surface area contributed by atoms with Gasteiger partial charge in [0.2, 0.25) is 0 Å². The molecule has 0 atom stereocenters. The molecule has 0 saturated carbocycles. The number of nitro groups is 1. The second-order valence-electron chi connectivity index (χ2n) is 3.35. The third-order valence-electron chi connectivity index (χ3n) is 2.15. The predicted octanol–water partition coefficient (Wildman–Crippen LogP) is 2.56. The standard InChI is InChI=1S/C12H13NO4/c1-3-17-12(14)8-9(2)10-6-4-5-7-11(10)13(15)16/h4-8H,3H2,1-2H3/b9-8-. The molecule has 1 aromatic carbocycles. The predicted molar refractivity (Wildman–Crippen MR) is 63.4 cm³/mol. The molecule has 0 aliphatic carbocycles. The molecule has 1 rings (SSSR count). The van der Waals surface area contributed by atoms with Crippen molar-refractivity contribution in [3.05, 3.63) is 46.0 Å². The summed E-state index contributed by atoms with van der Waals surface area (Å²) < 4.78 is 4.75. The van der Waals surface area contributed by atoms with Crippen LogP contribution < -0.4 is 0 Å². The lowest BCUT2D eigenvalue weighted by Crippen LogP contribution is -2.01. The maximum Gasteiger partial charge on any atom is 0.331 e. The van der Waals surface area contributed by atoms with Gasteiger partial charge in [0.15, 0.2) is 0 Å². The molecule has 0 unspecified atom stereocenters. The van der Waals surface area contributed by atoms with Crippen LogP contribution >= 0.6 is 0 Å². The van der Waals surface area contributed by atoms with Crippen LogP contribution in [0.3, 0.4) is 0 Å². The quantitative estimate of drug-likeness (QED) is 0.348. The average Bonchev–Trinajstić information content (AvgIpc) is 2.29. The highest BCUT2D eigenvalue weighted by molar-refractivity contribution is 5.92. The van der Waals surface area contributed by atoms with Crippen molar-refractivity contribution >= 4 is 17.2 Å². The molecular weight excluding hydrogens is 222 g/mol. The van der Waals surface area contributed by atoms with E-state index in [0.717, 1.165) is 0 Å². The number of allylic oxidation sites excluding steroid dienone is 1. The van der Waals surface area contributed by atoms with Gasteiger partial charge in [0.25, 0.3) is 5.69 Å². The van der Waals surface area contributed by atoms with Gasteiger partial charge in [-0.15, -0.1) is 0 Å². The zero-order chi connectivity index (χ0) is 12.8. The molecule has 5 heteroatoms. The Morgan fingerprint density at radius 1 is 1.47 bits per heavy atom. The highest BCUT2D eigenvalue weighted by atomic mass is 16.6. The largest absolute Gasteiger partial charge is 0.463 e. The van der Waals surface area contributed by atoms with Crippen molar-refractivity contribution < 1.29 is 14.5 Å². The minimum absolute atomic E-state index is 0.0226. The van der Waals surface area contributed by atoms with E-state index in [1.54, 1.807) is 32.0 Å². The van der Waals surface area contributed by atoms with E-state index in [-0.39, 0.29) is 12.3 Å². The molecule has 5 nitrogen and oxygen atoms in total. The van der Waals surface area contributed by atoms with Gasteiger partial charge in [-0.05, 0) is 25.5 Å². The van der Waals surface area contributed by atoms with Crippen molar-refractivity contribution in [2.75, 3.05) is 6.61 Å². The Labute approximate surface area is 98.9 Å². The summed E-state index contributed by atoms with van der Waals surface area (Å²) in [5, 5.41) is 10.8. The lowest BCUT2D eigenvalue weighted by Gasteiger charge is -2.03. The first kappa shape index (κ1) is 12.9. The summed E-state index contributed by atoms with van der Waals surface area (Å²) in [5.41, 5.74) is 0.909. The van der Waals surface area contributed by atoms with Crippen LogP contribution in [0.4, 0.5) is 5.69 Å². The number of rotatable bonds is 4. The number of ether oxygens (including phenoxy) is 1. The number of para-hydroxylation sites is 1. The van der Waals surface area contributed by atoms with Gasteiger partial charge in [-0.25, -0.2) is 4.79 Å². The number of carbonyl (C=O) groups excluding carboxylic acids is 1. The molecule has 0 heterocycles. The zero-order valence-corrected chi connectivity index (χ0v) is 9.67. The average molecular weight is 235 g/mol. The molecule has 0 spiro atoms. The second-order valence-corrected chi connectivity index (χ2v) is 3.35. The lowest BCUT2D eigenvalue weighted by atomic mass is 10.1. The van der Waals surface area contributed by atoms with E-state index < -0.39 is 10.9 Å². The minimum atomic E-state index is -0.497. The first-order valence-corrected chi connectivity index (χ1v) is 5.15. The van der Waals surface area contributed by atoms with Gasteiger partial charge in [0.1, 0.15) is 0 Å². The number of hydrogen-bond donors (Lipinski definition) is 0. The summed E-state index contributed by atoms with van der Waals surface area (Å²) in [6, 6.07) is 6.27. The summed E-state index contributed by atoms with van der Waals surface area (Å²) in [7, 11) is 0. The van der Waals surface area contributed by atoms with E-state index in [9.17, 15) is 14.9 Å². The molecule has 0 aliphatic heterocycles. The van der Waals surface area contributed by atoms with Crippen molar-refractivity contribution in [2.45, 2.75) is 13.8 Å². The highest BCUT2D eigenvalue weighted by Crippen LogP contribution is 2.25. The SMILES string of the molecule is CCOC(=O)/C=C(/C)c1ccccc1[N+](=O)[O-]. The molecule has 0 saturated heterocycles. The number of hydrogen-bond acceptors (Lipinski definition) is 4. The van der Waals surface area contributed by atoms with Crippen LogP contribution in [-0.2, 0) is 9.53 Å². The molecule has 90 valence electrons. The smallest absolute Gasteiger partial charge is 0.331 e. The van der Waals surface area contributed by atoms with Crippen molar-refractivity contribution in [3.63, 3.8) is 0 Å². The van der Waals surface area contributed by atoms with Gasteiger partial charge in [-0.1, -0.05) is 12.1 Å². The first-order chi connectivity index (χ1) is 8.06. The van der Waals surface area contributed by atoms with Crippen LogP contribution in [0, 0.1) is 10.1 Å². The Morgan fingerprint density at radius 3 is 2.71 bits per heavy atom. The topological polar surface area (TPSA) is 69.4 Å². The van der Waals surface area contributed by atoms with Gasteiger partial charge in [0.05, 0.1) is 17.1 Å². The summed E-state index contributed by atoms with van der Waals surface area (Å²) in [6.45, 7) is 3.62. The number of benzene rings is 1. The summed E-state index contributed by atoms with van der Waals surface area (Å²) in [6.07, 6.45) is 1.26. The van der Waals surface area contributed by atoms with Crippen LogP contribution in [-0.4, -0.2) is 17.5 Å². The number of nitrogens with zero attached hydrogens (tertiary/aromatic N) is 1. The third kappa shape index (κ3) is 3.41. The van der Waals surface area contributed by atoms with Crippen molar-refractivity contribution in [1.82, 2.24) is 0 Å². The van der Waals surface area contributed by atoms with E-state index in [4.69, 9.17) is 4.74 Å². The molecule has 0 aliphatic rings. The minimum Gasteiger partial charge on any atom is -0.463 e. The van der Waals surface area contributed by atoms with Crippen LogP contribution in [0.1, 0.15) is 19.4 Å². The maximum absolute atomic E-state index is 11.2. The molecule has 0 amide bonds. The van der Waals surface area contributed by atoms with Crippen LogP contribution in [0.2, 0.25) is 0 Å². The summed E-state index contributed by atoms with van der Waals surface area (Å²) >= 11 is 0. The Morgan fingerprint density at radius 2 is 2.12 bits per heavy atom. The van der Waals surface area contributed by atoms with Gasteiger partial charge < -0.3 is 4.74 Å². The van der Waals surface area contributed by atoms with E-state index in [2.05, 4.69) is 0 Å². The second kappa shape index (κ2) is 5.79. The molecule has 0 aromatic heterocycles. The fourth-order valence-electron chi connectivity index (χ4n) is 1.40. The fraction of sp³-hybridized carbons (Fsp3) is 0.250. The van der Waals surface area contributed by atoms with Gasteiger partial charge in [-0.3, -0.25) is 10.1 Å². The number of esters is 1. The zero-order valence-electron chi connectivity index (χ0n) is 9.67. The van der Waals surface area contributed by atoms with Gasteiger partial charge in [0, 0.05) is 12.1 Å². The van der Waals surface area contributed by atoms with E-state index >= 15 is 0 Å². The monoisotopic (exact) mass is 235 g/mol. The van der Waals surface area contributed by atoms with Crippen LogP contribution in [0.5, 0.6) is 0 Å². The van der Waals surface area contributed by atoms with E-state index in [0.29, 0.717) is 11.1 Å². The first-order valence-electron chi connectivity index (χ1n) is 5.15. The number of nitro benzene ring substituents is 1. The molecule has 1 aromatic rings. The van der Waals surface area contributed by atoms with Crippen molar-refractivity contribution in [2.24, 2.45) is 0 Å². The Kier molecular flexibility index (Phi) is 4.39. The van der Waals surface area contributed by atoms with Crippen LogP contribution in [0.25, 0.3) is 5.57 Å². The van der Waals surface area contributed by atoms with E-state index in [1.807, 2.05) is 0 Å². The Hall–Kier alpha value is -2.17. The van der Waals surface area contributed by atoms with Gasteiger partial charge >= 0.3 is 5.97 Å². The molecule has 0 fully saturated rings. The molecule has 0 N–H and O–H groups in total. The summed E-state index contributed by atoms with van der Waals surface area (Å²) in [4.78, 5) is 21.6. The highest BCUT2D eigenvalue weighted by Gasteiger charge is 2.14.